The first-order valence-corrected chi connectivity index (χ1v) is 0. The molecule has 0 saturated heterocycles. The Hall–Kier alpha value is 7.47. The van der Waals surface area contributed by atoms with Gasteiger partial charge >= 0.3 is 258 Å². The van der Waals surface area contributed by atoms with Crippen molar-refractivity contribution in [1.29, 1.82) is 0 Å². The van der Waals surface area contributed by atoms with Crippen LogP contribution in [0.1, 0.15) is 0 Å². The zero-order valence-electron chi connectivity index (χ0n) is 9.54. The van der Waals surface area contributed by atoms with Crippen LogP contribution >= 0.6 is 0 Å². The van der Waals surface area contributed by atoms with Crippen molar-refractivity contribution in [1.82, 2.24) is 0 Å². The first kappa shape index (κ1) is 273. The first-order chi connectivity index (χ1) is 0. The fourth-order valence-corrected chi connectivity index (χ4v) is 0. The van der Waals surface area contributed by atoms with Crippen molar-refractivity contribution < 1.29 is 314 Å². The van der Waals surface area contributed by atoms with Gasteiger partial charge < -0.3 is 56.5 Å². The average molecular weight is 567 g/mol. The van der Waals surface area contributed by atoms with Crippen LogP contribution in [0.5, 0.6) is 0 Å². The molecular formula is F12K4Zr2. The maximum atomic E-state index is 0. The van der Waals surface area contributed by atoms with Crippen LogP contribution < -0.4 is 262 Å². The molecule has 0 N–H and O–H groups in total. The standard InChI is InChI=1S/12FH.4K.2Zr/h12*1H;;;;;;/q;;;;;;;;;;;;4*+1;2*+4/p-12. The van der Waals surface area contributed by atoms with E-state index in [2.05, 4.69) is 0 Å². The number of rotatable bonds is 0. The summed E-state index contributed by atoms with van der Waals surface area (Å²) in [5.41, 5.74) is 0. The predicted molar refractivity (Wildman–Crippen MR) is 0 cm³/mol. The molecule has 0 aromatic rings. The van der Waals surface area contributed by atoms with Crippen LogP contribution in [0.4, 0.5) is 0 Å². The van der Waals surface area contributed by atoms with E-state index in [0.29, 0.717) is 0 Å². The monoisotopic (exact) mass is 564 g/mol. The Kier molecular flexibility index (Phi) is 3670. The largest absolute Gasteiger partial charge is 4.00 e. The van der Waals surface area contributed by atoms with E-state index in [4.69, 9.17) is 0 Å². The summed E-state index contributed by atoms with van der Waals surface area (Å²) in [5, 5.41) is 0. The summed E-state index contributed by atoms with van der Waals surface area (Å²) >= 11 is 0. The van der Waals surface area contributed by atoms with Gasteiger partial charge in [0.2, 0.25) is 0 Å². The van der Waals surface area contributed by atoms with E-state index in [1.807, 2.05) is 0 Å². The van der Waals surface area contributed by atoms with Crippen molar-refractivity contribution in [3.05, 3.63) is 0 Å². The van der Waals surface area contributed by atoms with Crippen molar-refractivity contribution in [3.63, 3.8) is 0 Å². The van der Waals surface area contributed by atoms with Gasteiger partial charge in [-0.2, -0.15) is 0 Å². The van der Waals surface area contributed by atoms with Gasteiger partial charge in [-0.1, -0.05) is 0 Å². The molecule has 0 atom stereocenters. The number of hydrogen-bond donors (Lipinski definition) is 0. The van der Waals surface area contributed by atoms with Gasteiger partial charge in [0.05, 0.1) is 0 Å². The Morgan fingerprint density at radius 3 is 0.167 bits per heavy atom. The van der Waals surface area contributed by atoms with Crippen LogP contribution in [0.2, 0.25) is 0 Å². The summed E-state index contributed by atoms with van der Waals surface area (Å²) in [4.78, 5) is 0. The molecule has 18 heteroatoms. The van der Waals surface area contributed by atoms with E-state index in [-0.39, 0.29) is 314 Å². The number of hydrogen-bond acceptors (Lipinski definition) is 0. The summed E-state index contributed by atoms with van der Waals surface area (Å²) in [5.74, 6) is 0. The third-order valence-corrected chi connectivity index (χ3v) is 0. The van der Waals surface area contributed by atoms with E-state index in [0.717, 1.165) is 0 Å². The van der Waals surface area contributed by atoms with Gasteiger partial charge in [0.15, 0.2) is 0 Å². The molecule has 0 bridgehead atoms. The van der Waals surface area contributed by atoms with Crippen molar-refractivity contribution >= 4 is 0 Å². The molecule has 0 aromatic heterocycles. The molecule has 0 fully saturated rings. The molecule has 96 valence electrons. The minimum atomic E-state index is 0. The fourth-order valence-electron chi connectivity index (χ4n) is 0. The van der Waals surface area contributed by atoms with Crippen LogP contribution in [0.3, 0.4) is 0 Å². The zero-order chi connectivity index (χ0) is 0. The number of halogens is 12. The second-order valence-electron chi connectivity index (χ2n) is 0. The SMILES string of the molecule is [F-].[F-].[F-].[F-].[F-].[F-].[F-].[F-].[F-].[F-].[F-].[F-].[K+].[K+].[K+].[K+].[Zr+4].[Zr+4]. The Morgan fingerprint density at radius 2 is 0.167 bits per heavy atom. The van der Waals surface area contributed by atoms with Gasteiger partial charge in [0, 0.05) is 0 Å². The van der Waals surface area contributed by atoms with Gasteiger partial charge in [0.1, 0.15) is 0 Å². The maximum Gasteiger partial charge on any atom is 4.00 e. The van der Waals surface area contributed by atoms with Crippen molar-refractivity contribution in [2.24, 2.45) is 0 Å². The maximum absolute atomic E-state index is 0. The van der Waals surface area contributed by atoms with Crippen molar-refractivity contribution in [3.8, 4) is 0 Å². The third kappa shape index (κ3) is 212. The molecule has 0 spiro atoms. The van der Waals surface area contributed by atoms with E-state index in [1.165, 1.54) is 0 Å². The van der Waals surface area contributed by atoms with E-state index < -0.39 is 0 Å². The van der Waals surface area contributed by atoms with E-state index >= 15 is 0 Å². The molecule has 0 aliphatic heterocycles. The summed E-state index contributed by atoms with van der Waals surface area (Å²) in [7, 11) is 0. The Balaban J connectivity index is 0. The van der Waals surface area contributed by atoms with Gasteiger partial charge in [0.25, 0.3) is 0 Å². The molecule has 0 rings (SSSR count). The molecular weight excluding hydrogens is 567 g/mol. The molecule has 0 radical (unpaired) electrons. The van der Waals surface area contributed by atoms with Crippen molar-refractivity contribution in [2.45, 2.75) is 0 Å². The van der Waals surface area contributed by atoms with Gasteiger partial charge in [-0.25, -0.2) is 0 Å². The minimum Gasteiger partial charge on any atom is -1.00 e. The fraction of sp³-hybridized carbons (Fsp3) is 0. The molecule has 0 saturated carbocycles. The van der Waals surface area contributed by atoms with Gasteiger partial charge in [-0.3, -0.25) is 0 Å². The normalized spacial score (nSPS) is 0. The van der Waals surface area contributed by atoms with E-state index in [9.17, 15) is 0 Å². The average Bonchev–Trinajstić information content (AvgIpc) is 0. The molecule has 0 aliphatic carbocycles. The smallest absolute Gasteiger partial charge is 1.00 e. The second-order valence-corrected chi connectivity index (χ2v) is 0. The van der Waals surface area contributed by atoms with Crippen LogP contribution in [0.25, 0.3) is 0 Å². The van der Waals surface area contributed by atoms with Crippen LogP contribution in [0, 0.1) is 0 Å². The topological polar surface area (TPSA) is 0 Å². The Morgan fingerprint density at radius 1 is 0.167 bits per heavy atom. The van der Waals surface area contributed by atoms with Crippen LogP contribution in [0.15, 0.2) is 0 Å². The predicted octanol–water partition coefficient (Wildman–Crippen LogP) is -47.9. The minimum absolute atomic E-state index is 0. The summed E-state index contributed by atoms with van der Waals surface area (Å²) in [6.45, 7) is 0. The molecule has 18 heavy (non-hydrogen) atoms. The quantitative estimate of drug-likeness (QED) is 0.202. The Labute approximate surface area is 304 Å². The van der Waals surface area contributed by atoms with Crippen LogP contribution in [-0.4, -0.2) is 0 Å². The molecule has 0 aromatic carbocycles. The first-order valence-electron chi connectivity index (χ1n) is 0. The summed E-state index contributed by atoms with van der Waals surface area (Å²) in [6, 6.07) is 0. The second kappa shape index (κ2) is 241. The molecule has 0 aliphatic rings. The van der Waals surface area contributed by atoms with Gasteiger partial charge in [-0.05, 0) is 0 Å². The molecule has 0 amide bonds. The summed E-state index contributed by atoms with van der Waals surface area (Å²) in [6.07, 6.45) is 0. The van der Waals surface area contributed by atoms with Crippen LogP contribution in [-0.2, 0) is 52.4 Å². The Bertz CT molecular complexity index is 22.0. The molecule has 0 unspecified atom stereocenters. The third-order valence-electron chi connectivity index (χ3n) is 0. The van der Waals surface area contributed by atoms with Gasteiger partial charge in [-0.15, -0.1) is 0 Å². The van der Waals surface area contributed by atoms with Crippen molar-refractivity contribution in [2.75, 3.05) is 0 Å². The summed E-state index contributed by atoms with van der Waals surface area (Å²) < 4.78 is 0. The molecule has 0 heterocycles. The molecule has 0 nitrogen and oxygen atoms in total. The van der Waals surface area contributed by atoms with E-state index in [1.54, 1.807) is 0 Å². The zero-order valence-corrected chi connectivity index (χ0v) is 26.9.